The molecule has 108 valence electrons. The van der Waals surface area contributed by atoms with E-state index in [1.54, 1.807) is 6.26 Å². The Bertz CT molecular complexity index is 500. The van der Waals surface area contributed by atoms with Gasteiger partial charge in [0.25, 0.3) is 0 Å². The first-order valence-electron chi connectivity index (χ1n) is 7.14. The van der Waals surface area contributed by atoms with E-state index in [0.29, 0.717) is 0 Å². The molecule has 0 saturated heterocycles. The van der Waals surface area contributed by atoms with Crippen LogP contribution in [0.3, 0.4) is 0 Å². The van der Waals surface area contributed by atoms with Crippen LogP contribution >= 0.6 is 0 Å². The second-order valence-corrected chi connectivity index (χ2v) is 4.72. The molecule has 5 nitrogen and oxygen atoms in total. The molecule has 0 radical (unpaired) electrons. The van der Waals surface area contributed by atoms with Gasteiger partial charge in [0.15, 0.2) is 0 Å². The summed E-state index contributed by atoms with van der Waals surface area (Å²) in [7, 11) is 0. The average molecular weight is 274 g/mol. The maximum Gasteiger partial charge on any atom is 0.133 e. The van der Waals surface area contributed by atoms with E-state index in [2.05, 4.69) is 34.4 Å². The molecule has 0 amide bonds. The molecule has 5 heteroatoms. The van der Waals surface area contributed by atoms with E-state index < -0.39 is 0 Å². The van der Waals surface area contributed by atoms with Crippen molar-refractivity contribution in [3.8, 4) is 0 Å². The van der Waals surface area contributed by atoms with Crippen LogP contribution in [0.5, 0.6) is 0 Å². The molecule has 0 saturated carbocycles. The molecule has 2 heterocycles. The largest absolute Gasteiger partial charge is 0.467 e. The van der Waals surface area contributed by atoms with Crippen molar-refractivity contribution in [3.05, 3.63) is 36.0 Å². The Labute approximate surface area is 119 Å². The molecule has 0 aliphatic rings. The van der Waals surface area contributed by atoms with Gasteiger partial charge in [0.05, 0.1) is 12.3 Å². The van der Waals surface area contributed by atoms with Gasteiger partial charge in [-0.2, -0.15) is 0 Å². The maximum absolute atomic E-state index is 5.40. The fourth-order valence-corrected chi connectivity index (χ4v) is 2.01. The molecular formula is C15H22N4O. The van der Waals surface area contributed by atoms with Gasteiger partial charge in [0, 0.05) is 19.0 Å². The van der Waals surface area contributed by atoms with Crippen LogP contribution in [0.15, 0.2) is 28.9 Å². The zero-order valence-electron chi connectivity index (χ0n) is 12.3. The molecule has 1 atom stereocenters. The summed E-state index contributed by atoms with van der Waals surface area (Å²) in [5.41, 5.74) is 0. The highest BCUT2D eigenvalue weighted by atomic mass is 16.3. The number of hydrogen-bond donors (Lipinski definition) is 2. The highest BCUT2D eigenvalue weighted by Gasteiger charge is 2.10. The van der Waals surface area contributed by atoms with E-state index in [1.165, 1.54) is 0 Å². The van der Waals surface area contributed by atoms with E-state index in [1.807, 2.05) is 25.1 Å². The van der Waals surface area contributed by atoms with Crippen molar-refractivity contribution in [1.29, 1.82) is 0 Å². The Morgan fingerprint density at radius 3 is 2.70 bits per heavy atom. The quantitative estimate of drug-likeness (QED) is 0.807. The van der Waals surface area contributed by atoms with E-state index in [4.69, 9.17) is 4.42 Å². The number of furan rings is 1. The number of aryl methyl sites for hydroxylation is 1. The number of hydrogen-bond acceptors (Lipinski definition) is 5. The van der Waals surface area contributed by atoms with E-state index in [-0.39, 0.29) is 6.04 Å². The topological polar surface area (TPSA) is 63.0 Å². The molecule has 2 aromatic heterocycles. The number of anilines is 2. The molecule has 0 bridgehead atoms. The number of rotatable bonds is 7. The van der Waals surface area contributed by atoms with Gasteiger partial charge in [-0.3, -0.25) is 0 Å². The molecule has 0 fully saturated rings. The molecular weight excluding hydrogens is 252 g/mol. The summed E-state index contributed by atoms with van der Waals surface area (Å²) >= 11 is 0. The van der Waals surface area contributed by atoms with Crippen LogP contribution in [-0.4, -0.2) is 16.5 Å². The van der Waals surface area contributed by atoms with Crippen molar-refractivity contribution in [2.75, 3.05) is 17.2 Å². The standard InChI is InChI=1S/C15H22N4O/c1-4-7-13-18-14(16-5-2)10-15(19-13)17-11(3)12-8-6-9-20-12/h6,8-11H,4-5,7H2,1-3H3,(H2,16,17,18,19). The molecule has 2 aromatic rings. The Balaban J connectivity index is 2.16. The predicted molar refractivity (Wildman–Crippen MR) is 80.9 cm³/mol. The lowest BCUT2D eigenvalue weighted by atomic mass is 10.2. The predicted octanol–water partition coefficient (Wildman–Crippen LogP) is 3.63. The van der Waals surface area contributed by atoms with Gasteiger partial charge in [-0.05, 0) is 32.4 Å². The van der Waals surface area contributed by atoms with Crippen LogP contribution in [0, 0.1) is 0 Å². The van der Waals surface area contributed by atoms with Crippen LogP contribution in [0.4, 0.5) is 11.6 Å². The van der Waals surface area contributed by atoms with Gasteiger partial charge >= 0.3 is 0 Å². The van der Waals surface area contributed by atoms with Crippen molar-refractivity contribution >= 4 is 11.6 Å². The summed E-state index contributed by atoms with van der Waals surface area (Å²) in [6, 6.07) is 5.85. The third-order valence-electron chi connectivity index (χ3n) is 2.94. The average Bonchev–Trinajstić information content (AvgIpc) is 2.93. The van der Waals surface area contributed by atoms with Crippen molar-refractivity contribution in [2.24, 2.45) is 0 Å². The Kier molecular flexibility index (Phi) is 4.98. The fourth-order valence-electron chi connectivity index (χ4n) is 2.01. The van der Waals surface area contributed by atoms with Crippen molar-refractivity contribution in [1.82, 2.24) is 9.97 Å². The number of nitrogens with zero attached hydrogens (tertiary/aromatic N) is 2. The summed E-state index contributed by atoms with van der Waals surface area (Å²) < 4.78 is 5.40. The van der Waals surface area contributed by atoms with Gasteiger partial charge in [-0.1, -0.05) is 6.92 Å². The Morgan fingerprint density at radius 1 is 1.25 bits per heavy atom. The van der Waals surface area contributed by atoms with Crippen LogP contribution in [0.25, 0.3) is 0 Å². The first-order chi connectivity index (χ1) is 9.72. The smallest absolute Gasteiger partial charge is 0.133 e. The second kappa shape index (κ2) is 6.93. The highest BCUT2D eigenvalue weighted by molar-refractivity contribution is 5.48. The molecule has 2 rings (SSSR count). The molecule has 0 aromatic carbocycles. The lowest BCUT2D eigenvalue weighted by Gasteiger charge is -2.14. The third kappa shape index (κ3) is 3.73. The SMILES string of the molecule is CCCc1nc(NCC)cc(NC(C)c2ccco2)n1. The van der Waals surface area contributed by atoms with Crippen LogP contribution in [0.2, 0.25) is 0 Å². The van der Waals surface area contributed by atoms with E-state index in [0.717, 1.165) is 42.6 Å². The molecule has 2 N–H and O–H groups in total. The maximum atomic E-state index is 5.40. The monoisotopic (exact) mass is 274 g/mol. The molecule has 0 aliphatic heterocycles. The molecule has 0 spiro atoms. The van der Waals surface area contributed by atoms with Crippen LogP contribution in [-0.2, 0) is 6.42 Å². The van der Waals surface area contributed by atoms with E-state index in [9.17, 15) is 0 Å². The van der Waals surface area contributed by atoms with Gasteiger partial charge in [-0.15, -0.1) is 0 Å². The molecule has 0 aliphatic carbocycles. The summed E-state index contributed by atoms with van der Waals surface area (Å²) in [4.78, 5) is 9.05. The van der Waals surface area contributed by atoms with Gasteiger partial charge in [0.1, 0.15) is 23.2 Å². The summed E-state index contributed by atoms with van der Waals surface area (Å²) in [5, 5.41) is 6.60. The van der Waals surface area contributed by atoms with E-state index >= 15 is 0 Å². The van der Waals surface area contributed by atoms with Crippen LogP contribution < -0.4 is 10.6 Å². The van der Waals surface area contributed by atoms with Gasteiger partial charge in [-0.25, -0.2) is 9.97 Å². The summed E-state index contributed by atoms with van der Waals surface area (Å²) in [6.07, 6.45) is 3.59. The summed E-state index contributed by atoms with van der Waals surface area (Å²) in [5.74, 6) is 3.44. The van der Waals surface area contributed by atoms with Crippen molar-refractivity contribution in [3.63, 3.8) is 0 Å². The minimum absolute atomic E-state index is 0.0730. The zero-order valence-corrected chi connectivity index (χ0v) is 12.3. The lowest BCUT2D eigenvalue weighted by molar-refractivity contribution is 0.490. The first kappa shape index (κ1) is 14.4. The first-order valence-corrected chi connectivity index (χ1v) is 7.14. The second-order valence-electron chi connectivity index (χ2n) is 4.72. The third-order valence-corrected chi connectivity index (χ3v) is 2.94. The minimum atomic E-state index is 0.0730. The molecule has 20 heavy (non-hydrogen) atoms. The Hall–Kier alpha value is -2.04. The van der Waals surface area contributed by atoms with Crippen molar-refractivity contribution in [2.45, 2.75) is 39.7 Å². The van der Waals surface area contributed by atoms with Crippen LogP contribution in [0.1, 0.15) is 44.8 Å². The normalized spacial score (nSPS) is 12.2. The zero-order chi connectivity index (χ0) is 14.4. The summed E-state index contributed by atoms with van der Waals surface area (Å²) in [6.45, 7) is 7.07. The van der Waals surface area contributed by atoms with Crippen molar-refractivity contribution < 1.29 is 4.42 Å². The Morgan fingerprint density at radius 2 is 2.05 bits per heavy atom. The molecule has 1 unspecified atom stereocenters. The fraction of sp³-hybridized carbons (Fsp3) is 0.467. The number of nitrogens with one attached hydrogen (secondary N) is 2. The number of aromatic nitrogens is 2. The van der Waals surface area contributed by atoms with Gasteiger partial charge in [0.2, 0.25) is 0 Å². The lowest BCUT2D eigenvalue weighted by Crippen LogP contribution is -2.11. The highest BCUT2D eigenvalue weighted by Crippen LogP contribution is 2.20. The van der Waals surface area contributed by atoms with Gasteiger partial charge < -0.3 is 15.1 Å². The minimum Gasteiger partial charge on any atom is -0.467 e.